The number of rotatable bonds is 5. The number of thioether (sulfide) groups is 1. The molecule has 1 amide bonds. The Morgan fingerprint density at radius 2 is 1.83 bits per heavy atom. The summed E-state index contributed by atoms with van der Waals surface area (Å²) in [5.41, 5.74) is 0. The molecule has 1 aliphatic heterocycles. The van der Waals surface area contributed by atoms with Crippen molar-refractivity contribution in [2.24, 2.45) is 0 Å². The van der Waals surface area contributed by atoms with Crippen molar-refractivity contribution in [2.45, 2.75) is 35.4 Å². The highest BCUT2D eigenvalue weighted by Crippen LogP contribution is 2.58. The molecule has 1 rings (SSSR count). The zero-order valence-corrected chi connectivity index (χ0v) is 11.7. The molecule has 0 unspecified atom stereocenters. The Bertz CT molecular complexity index is 318. The fourth-order valence-electron chi connectivity index (χ4n) is 1.73. The molecule has 0 aliphatic carbocycles. The summed E-state index contributed by atoms with van der Waals surface area (Å²) in [6.45, 7) is 1.51. The van der Waals surface area contributed by atoms with Crippen molar-refractivity contribution >= 4 is 40.9 Å². The Morgan fingerprint density at radius 1 is 1.33 bits per heavy atom. The number of halogens is 6. The number of hydrogen-bond acceptors (Lipinski definition) is 2. The monoisotopic (exact) mass is 327 g/mol. The van der Waals surface area contributed by atoms with Crippen LogP contribution in [0.3, 0.4) is 0 Å². The number of nitrogens with zero attached hydrogens (tertiary/aromatic N) is 1. The number of unbranched alkanes of at least 4 members (excludes halogenated alkanes) is 1. The summed E-state index contributed by atoms with van der Waals surface area (Å²) in [5, 5.41) is -8.66. The van der Waals surface area contributed by atoms with Crippen molar-refractivity contribution in [3.8, 4) is 0 Å². The lowest BCUT2D eigenvalue weighted by atomic mass is 10.2. The van der Waals surface area contributed by atoms with Gasteiger partial charge in [0.15, 0.2) is 0 Å². The predicted molar refractivity (Wildman–Crippen MR) is 63.4 cm³/mol. The van der Waals surface area contributed by atoms with Gasteiger partial charge in [0, 0.05) is 6.54 Å². The Morgan fingerprint density at radius 3 is 2.22 bits per heavy atom. The summed E-state index contributed by atoms with van der Waals surface area (Å²) >= 11 is 9.70. The first kappa shape index (κ1) is 16.2. The van der Waals surface area contributed by atoms with Crippen molar-refractivity contribution in [3.05, 3.63) is 0 Å². The number of alkyl halides is 6. The van der Waals surface area contributed by atoms with Crippen molar-refractivity contribution in [1.29, 1.82) is 0 Å². The first-order valence-corrected chi connectivity index (χ1v) is 6.90. The Kier molecular flexibility index (Phi) is 4.71. The number of carbonyl (C=O) groups is 1. The molecular formula is C9H11Cl2F4NOS. The van der Waals surface area contributed by atoms with Crippen LogP contribution in [0.2, 0.25) is 0 Å². The van der Waals surface area contributed by atoms with Gasteiger partial charge in [-0.05, 0) is 29.6 Å². The minimum atomic E-state index is -4.33. The minimum absolute atomic E-state index is 0.0828. The molecule has 0 spiro atoms. The normalized spacial score (nSPS) is 20.6. The largest absolute Gasteiger partial charge is 0.361 e. The lowest BCUT2D eigenvalue weighted by Gasteiger charge is -2.42. The molecule has 0 saturated carbocycles. The molecule has 2 nitrogen and oxygen atoms in total. The molecule has 0 aromatic carbocycles. The van der Waals surface area contributed by atoms with Gasteiger partial charge in [-0.15, -0.1) is 11.8 Å². The second-order valence-electron chi connectivity index (χ2n) is 3.83. The average molecular weight is 328 g/mol. The number of amides is 1. The molecule has 0 aromatic heterocycles. The summed E-state index contributed by atoms with van der Waals surface area (Å²) in [6, 6.07) is 0. The van der Waals surface area contributed by atoms with Crippen LogP contribution in [0.25, 0.3) is 0 Å². The maximum atomic E-state index is 13.4. The van der Waals surface area contributed by atoms with Crippen LogP contribution in [0.5, 0.6) is 0 Å². The second kappa shape index (κ2) is 5.25. The van der Waals surface area contributed by atoms with Gasteiger partial charge in [0.2, 0.25) is 10.8 Å². The van der Waals surface area contributed by atoms with Crippen molar-refractivity contribution in [1.82, 2.24) is 4.90 Å². The first-order valence-electron chi connectivity index (χ1n) is 5.15. The molecule has 0 N–H and O–H groups in total. The van der Waals surface area contributed by atoms with Crippen LogP contribution in [0.4, 0.5) is 17.6 Å². The summed E-state index contributed by atoms with van der Waals surface area (Å²) < 4.78 is 53.7. The van der Waals surface area contributed by atoms with E-state index in [4.69, 9.17) is 23.2 Å². The molecule has 1 heterocycles. The van der Waals surface area contributed by atoms with Gasteiger partial charge < -0.3 is 4.90 Å². The van der Waals surface area contributed by atoms with Crippen molar-refractivity contribution < 1.29 is 22.4 Å². The van der Waals surface area contributed by atoms with Gasteiger partial charge in [-0.2, -0.15) is 17.6 Å². The maximum Gasteiger partial charge on any atom is 0.361 e. The van der Waals surface area contributed by atoms with Gasteiger partial charge >= 0.3 is 10.8 Å². The molecular weight excluding hydrogens is 317 g/mol. The third-order valence-electron chi connectivity index (χ3n) is 2.59. The molecule has 1 aliphatic rings. The molecule has 106 valence electrons. The Hall–Kier alpha value is 0.120. The molecule has 9 heteroatoms. The smallest absolute Gasteiger partial charge is 0.314 e. The van der Waals surface area contributed by atoms with Crippen LogP contribution in [0, 0.1) is 0 Å². The Labute approximate surface area is 116 Å². The SMILES string of the molecule is CCCCN1C(=O)CSC1(C(F)(F)Cl)C(F)(F)Cl. The van der Waals surface area contributed by atoms with Crippen LogP contribution in [-0.4, -0.2) is 38.7 Å². The summed E-state index contributed by atoms with van der Waals surface area (Å²) in [6.07, 6.45) is 0.875. The van der Waals surface area contributed by atoms with E-state index in [2.05, 4.69) is 0 Å². The predicted octanol–water partition coefficient (Wildman–Crippen LogP) is 3.72. The van der Waals surface area contributed by atoms with E-state index >= 15 is 0 Å². The van der Waals surface area contributed by atoms with Gasteiger partial charge in [0.1, 0.15) is 0 Å². The van der Waals surface area contributed by atoms with Gasteiger partial charge in [-0.1, -0.05) is 13.3 Å². The minimum Gasteiger partial charge on any atom is -0.314 e. The first-order chi connectivity index (χ1) is 8.08. The Balaban J connectivity index is 3.21. The fraction of sp³-hybridized carbons (Fsp3) is 0.889. The topological polar surface area (TPSA) is 20.3 Å². The van der Waals surface area contributed by atoms with Crippen LogP contribution in [-0.2, 0) is 4.79 Å². The highest BCUT2D eigenvalue weighted by atomic mass is 35.5. The van der Waals surface area contributed by atoms with Crippen LogP contribution in [0.1, 0.15) is 19.8 Å². The second-order valence-corrected chi connectivity index (χ2v) is 5.94. The van der Waals surface area contributed by atoms with E-state index in [1.54, 1.807) is 6.92 Å². The lowest BCUT2D eigenvalue weighted by molar-refractivity contribution is -0.155. The highest BCUT2D eigenvalue weighted by molar-refractivity contribution is 8.02. The van der Waals surface area contributed by atoms with Gasteiger partial charge in [0.25, 0.3) is 0 Å². The summed E-state index contributed by atoms with van der Waals surface area (Å²) in [7, 11) is 0. The van der Waals surface area contributed by atoms with Crippen molar-refractivity contribution in [3.63, 3.8) is 0 Å². The quantitative estimate of drug-likeness (QED) is 0.566. The van der Waals surface area contributed by atoms with Crippen molar-refractivity contribution in [2.75, 3.05) is 12.3 Å². The van der Waals surface area contributed by atoms with E-state index in [1.165, 1.54) is 0 Å². The zero-order chi connectivity index (χ0) is 14.2. The van der Waals surface area contributed by atoms with Gasteiger partial charge in [-0.25, -0.2) is 0 Å². The molecule has 0 radical (unpaired) electrons. The lowest BCUT2D eigenvalue weighted by Crippen LogP contribution is -2.62. The third kappa shape index (κ3) is 2.54. The molecule has 1 saturated heterocycles. The van der Waals surface area contributed by atoms with E-state index in [9.17, 15) is 22.4 Å². The third-order valence-corrected chi connectivity index (χ3v) is 4.90. The van der Waals surface area contributed by atoms with E-state index < -0.39 is 27.3 Å². The maximum absolute atomic E-state index is 13.4. The van der Waals surface area contributed by atoms with E-state index in [0.717, 1.165) is 0 Å². The summed E-state index contributed by atoms with van der Waals surface area (Å²) in [4.78, 5) is 8.69. The summed E-state index contributed by atoms with van der Waals surface area (Å²) in [5.74, 6) is -1.30. The zero-order valence-electron chi connectivity index (χ0n) is 9.36. The molecule has 1 fully saturated rings. The van der Waals surface area contributed by atoms with E-state index in [0.29, 0.717) is 17.7 Å². The molecule has 18 heavy (non-hydrogen) atoms. The van der Waals surface area contributed by atoms with Crippen LogP contribution in [0.15, 0.2) is 0 Å². The standard InChI is InChI=1S/C9H11Cl2F4NOS/c1-2-3-4-16-6(17)5-18-7(16,8(10,12)13)9(11,14)15/h2-5H2,1H3. The van der Waals surface area contributed by atoms with E-state index in [1.807, 2.05) is 0 Å². The fourth-order valence-corrected chi connectivity index (χ4v) is 3.71. The molecule has 0 aromatic rings. The van der Waals surface area contributed by atoms with Crippen LogP contribution >= 0.6 is 35.0 Å². The number of hydrogen-bond donors (Lipinski definition) is 0. The highest BCUT2D eigenvalue weighted by Gasteiger charge is 2.74. The van der Waals surface area contributed by atoms with Gasteiger partial charge in [-0.3, -0.25) is 4.79 Å². The average Bonchev–Trinajstić information content (AvgIpc) is 2.52. The number of carbonyl (C=O) groups excluding carboxylic acids is 1. The van der Waals surface area contributed by atoms with Crippen LogP contribution < -0.4 is 0 Å². The molecule has 0 bridgehead atoms. The van der Waals surface area contributed by atoms with E-state index in [-0.39, 0.29) is 18.3 Å². The van der Waals surface area contributed by atoms with Gasteiger partial charge in [0.05, 0.1) is 5.75 Å². The molecule has 0 atom stereocenters.